The van der Waals surface area contributed by atoms with Crippen molar-refractivity contribution in [3.63, 3.8) is 0 Å². The van der Waals surface area contributed by atoms with Gasteiger partial charge in [-0.25, -0.2) is 0 Å². The van der Waals surface area contributed by atoms with Gasteiger partial charge in [-0.1, -0.05) is 265 Å². The fraction of sp³-hybridized carbons (Fsp3) is 0.704. The van der Waals surface area contributed by atoms with Gasteiger partial charge < -0.3 is 14.2 Å². The zero-order valence-electron chi connectivity index (χ0n) is 50.4. The van der Waals surface area contributed by atoms with Crippen molar-refractivity contribution in [1.29, 1.82) is 0 Å². The number of ether oxygens (including phenoxy) is 3. The predicted molar refractivity (Wildman–Crippen MR) is 334 cm³/mol. The molecule has 0 saturated carbocycles. The first-order valence-corrected chi connectivity index (χ1v) is 32.4. The molecule has 0 aromatic carbocycles. The lowest BCUT2D eigenvalue weighted by Gasteiger charge is -2.18. The minimum absolute atomic E-state index is 0.0919. The van der Waals surface area contributed by atoms with E-state index in [0.717, 1.165) is 141 Å². The molecule has 0 N–H and O–H groups in total. The van der Waals surface area contributed by atoms with Crippen LogP contribution in [0.1, 0.15) is 303 Å². The number of carbonyl (C=O) groups excluding carboxylic acids is 3. The van der Waals surface area contributed by atoms with E-state index >= 15 is 0 Å². The standard InChI is InChI=1S/C71H120O6/c1-4-7-10-13-16-19-22-25-28-31-32-33-34-35-36-37-38-39-40-41-44-46-49-52-55-58-61-64-70(73)76-67-68(77-71(74)65-62-59-56-53-50-47-43-30-27-24-21-18-15-12-9-6-3)66-75-69(72)63-60-57-54-51-48-45-42-29-26-23-20-17-14-11-8-5-2/h7,10,16,19,25,28-30,32-33,35-36,38-39,41-44,68H,4-6,8-9,11-15,17-18,20-24,26-27,31,34,37,40,45-67H2,1-3H3/b10-7-,19-16-,28-25-,33-32-,36-35-,39-38-,42-29-,43-30-,44-41-. The van der Waals surface area contributed by atoms with Crippen molar-refractivity contribution in [3.8, 4) is 0 Å². The number of hydrogen-bond donors (Lipinski definition) is 0. The van der Waals surface area contributed by atoms with Crippen LogP contribution in [0.4, 0.5) is 0 Å². The van der Waals surface area contributed by atoms with E-state index in [2.05, 4.69) is 130 Å². The van der Waals surface area contributed by atoms with Crippen molar-refractivity contribution in [3.05, 3.63) is 109 Å². The number of unbranched alkanes of at least 4 members (excludes halogenated alkanes) is 29. The molecule has 77 heavy (non-hydrogen) atoms. The molecule has 0 aliphatic carbocycles. The molecule has 0 spiro atoms. The van der Waals surface area contributed by atoms with Crippen molar-refractivity contribution in [1.82, 2.24) is 0 Å². The Morgan fingerprint density at radius 3 is 0.805 bits per heavy atom. The normalized spacial score (nSPS) is 12.8. The minimum Gasteiger partial charge on any atom is -0.462 e. The molecule has 1 unspecified atom stereocenters. The highest BCUT2D eigenvalue weighted by Gasteiger charge is 2.19. The van der Waals surface area contributed by atoms with Crippen LogP contribution in [0.5, 0.6) is 0 Å². The van der Waals surface area contributed by atoms with Crippen LogP contribution in [-0.4, -0.2) is 37.2 Å². The Hall–Kier alpha value is -3.93. The Labute approximate surface area is 476 Å². The molecule has 440 valence electrons. The van der Waals surface area contributed by atoms with Gasteiger partial charge in [-0.3, -0.25) is 14.4 Å². The first kappa shape index (κ1) is 73.1. The molecule has 0 rings (SSSR count). The number of allylic oxidation sites excluding steroid dienone is 18. The first-order valence-electron chi connectivity index (χ1n) is 32.4. The summed E-state index contributed by atoms with van der Waals surface area (Å²) in [5, 5.41) is 0. The molecule has 6 nitrogen and oxygen atoms in total. The summed E-state index contributed by atoms with van der Waals surface area (Å²) in [4.78, 5) is 38.3. The Morgan fingerprint density at radius 1 is 0.273 bits per heavy atom. The van der Waals surface area contributed by atoms with Gasteiger partial charge in [0.2, 0.25) is 0 Å². The smallest absolute Gasteiger partial charge is 0.306 e. The van der Waals surface area contributed by atoms with Crippen LogP contribution in [0.25, 0.3) is 0 Å². The van der Waals surface area contributed by atoms with Gasteiger partial charge in [0.05, 0.1) is 0 Å². The summed E-state index contributed by atoms with van der Waals surface area (Å²) in [7, 11) is 0. The third-order valence-electron chi connectivity index (χ3n) is 13.7. The number of rotatable bonds is 58. The molecule has 0 fully saturated rings. The molecule has 0 aromatic heterocycles. The predicted octanol–water partition coefficient (Wildman–Crippen LogP) is 22.2. The van der Waals surface area contributed by atoms with Crippen molar-refractivity contribution in [2.75, 3.05) is 13.2 Å². The van der Waals surface area contributed by atoms with E-state index in [1.165, 1.54) is 122 Å². The van der Waals surface area contributed by atoms with Gasteiger partial charge in [0.25, 0.3) is 0 Å². The van der Waals surface area contributed by atoms with Gasteiger partial charge >= 0.3 is 17.9 Å². The van der Waals surface area contributed by atoms with E-state index in [1.807, 2.05) is 0 Å². The molecule has 0 bridgehead atoms. The van der Waals surface area contributed by atoms with Crippen LogP contribution in [0.3, 0.4) is 0 Å². The number of esters is 3. The minimum atomic E-state index is -0.797. The quantitative estimate of drug-likeness (QED) is 0.0261. The van der Waals surface area contributed by atoms with E-state index in [0.29, 0.717) is 19.3 Å². The highest BCUT2D eigenvalue weighted by molar-refractivity contribution is 5.71. The molecule has 0 aromatic rings. The van der Waals surface area contributed by atoms with E-state index in [4.69, 9.17) is 14.2 Å². The Bertz CT molecular complexity index is 1560. The van der Waals surface area contributed by atoms with Gasteiger partial charge in [0, 0.05) is 19.3 Å². The van der Waals surface area contributed by atoms with E-state index < -0.39 is 6.10 Å². The average molecular weight is 1070 g/mol. The maximum absolute atomic E-state index is 12.9. The van der Waals surface area contributed by atoms with E-state index in [9.17, 15) is 14.4 Å². The first-order chi connectivity index (χ1) is 38.0. The zero-order valence-corrected chi connectivity index (χ0v) is 50.4. The lowest BCUT2D eigenvalue weighted by atomic mass is 10.1. The second kappa shape index (κ2) is 64.6. The summed E-state index contributed by atoms with van der Waals surface area (Å²) in [5.74, 6) is -0.920. The van der Waals surface area contributed by atoms with Crippen molar-refractivity contribution >= 4 is 17.9 Å². The monoisotopic (exact) mass is 1070 g/mol. The van der Waals surface area contributed by atoms with E-state index in [1.54, 1.807) is 0 Å². The van der Waals surface area contributed by atoms with Gasteiger partial charge in [-0.05, 0) is 128 Å². The molecular weight excluding hydrogens is 949 g/mol. The number of hydrogen-bond acceptors (Lipinski definition) is 6. The molecule has 0 saturated heterocycles. The Kier molecular flexibility index (Phi) is 61.3. The molecule has 0 aliphatic heterocycles. The highest BCUT2D eigenvalue weighted by Crippen LogP contribution is 2.15. The summed E-state index contributed by atoms with van der Waals surface area (Å²) in [6, 6.07) is 0. The molecule has 0 aliphatic rings. The molecular formula is C71H120O6. The van der Waals surface area contributed by atoms with Crippen molar-refractivity contribution < 1.29 is 28.6 Å². The molecule has 1 atom stereocenters. The lowest BCUT2D eigenvalue weighted by Crippen LogP contribution is -2.30. The molecule has 6 heteroatoms. The third-order valence-corrected chi connectivity index (χ3v) is 13.7. The van der Waals surface area contributed by atoms with Gasteiger partial charge in [0.1, 0.15) is 13.2 Å². The topological polar surface area (TPSA) is 78.9 Å². The maximum Gasteiger partial charge on any atom is 0.306 e. The van der Waals surface area contributed by atoms with Crippen molar-refractivity contribution in [2.24, 2.45) is 0 Å². The third kappa shape index (κ3) is 62.8. The summed E-state index contributed by atoms with van der Waals surface area (Å²) in [5.41, 5.74) is 0. The summed E-state index contributed by atoms with van der Waals surface area (Å²) < 4.78 is 16.9. The van der Waals surface area contributed by atoms with Gasteiger partial charge in [-0.2, -0.15) is 0 Å². The second-order valence-electron chi connectivity index (χ2n) is 21.3. The van der Waals surface area contributed by atoms with Crippen LogP contribution >= 0.6 is 0 Å². The van der Waals surface area contributed by atoms with Crippen LogP contribution in [0.15, 0.2) is 109 Å². The summed E-state index contributed by atoms with van der Waals surface area (Å²) in [6.07, 6.45) is 88.0. The Balaban J connectivity index is 4.41. The second-order valence-corrected chi connectivity index (χ2v) is 21.3. The molecule has 0 heterocycles. The van der Waals surface area contributed by atoms with Crippen molar-refractivity contribution in [2.45, 2.75) is 309 Å². The largest absolute Gasteiger partial charge is 0.462 e. The van der Waals surface area contributed by atoms with Crippen LogP contribution in [-0.2, 0) is 28.6 Å². The Morgan fingerprint density at radius 2 is 0.506 bits per heavy atom. The van der Waals surface area contributed by atoms with E-state index in [-0.39, 0.29) is 31.1 Å². The van der Waals surface area contributed by atoms with Gasteiger partial charge in [-0.15, -0.1) is 0 Å². The summed E-state index contributed by atoms with van der Waals surface area (Å²) >= 11 is 0. The SMILES string of the molecule is CC/C=C\C/C=C\C/C=C\C/C=C\C/C=C\C/C=C\C/C=C\CCCCCCCC(=O)OCC(COC(=O)CCCCCCC/C=C\CCCCCCCCC)OC(=O)CCCCCCC/C=C\CCCCCCCCC. The fourth-order valence-corrected chi connectivity index (χ4v) is 8.88. The molecule has 0 amide bonds. The maximum atomic E-state index is 12.9. The highest BCUT2D eigenvalue weighted by atomic mass is 16.6. The lowest BCUT2D eigenvalue weighted by molar-refractivity contribution is -0.167. The van der Waals surface area contributed by atoms with Crippen LogP contribution in [0, 0.1) is 0 Å². The van der Waals surface area contributed by atoms with Gasteiger partial charge in [0.15, 0.2) is 6.10 Å². The van der Waals surface area contributed by atoms with Crippen LogP contribution in [0.2, 0.25) is 0 Å². The molecule has 0 radical (unpaired) electrons. The average Bonchev–Trinajstić information content (AvgIpc) is 3.43. The fourth-order valence-electron chi connectivity index (χ4n) is 8.88. The zero-order chi connectivity index (χ0) is 55.7. The number of carbonyl (C=O) groups is 3. The van der Waals surface area contributed by atoms with Crippen LogP contribution < -0.4 is 0 Å². The summed E-state index contributed by atoms with van der Waals surface area (Å²) in [6.45, 7) is 6.51.